The minimum absolute atomic E-state index is 0.114. The molecule has 1 aromatic rings. The van der Waals surface area contributed by atoms with Crippen molar-refractivity contribution in [2.75, 3.05) is 0 Å². The maximum Gasteiger partial charge on any atom is 0.404 e. The molecule has 1 aromatic carbocycles. The quantitative estimate of drug-likeness (QED) is 0.845. The van der Waals surface area contributed by atoms with Crippen molar-refractivity contribution < 1.29 is 18.7 Å². The Morgan fingerprint density at radius 2 is 1.76 bits per heavy atom. The van der Waals surface area contributed by atoms with Crippen LogP contribution in [0.5, 0.6) is 0 Å². The summed E-state index contributed by atoms with van der Waals surface area (Å²) < 4.78 is 18.0. The van der Waals surface area contributed by atoms with Crippen molar-refractivity contribution in [2.24, 2.45) is 17.1 Å². The van der Waals surface area contributed by atoms with Crippen LogP contribution in [0, 0.1) is 17.2 Å². The number of carbonyl (C=O) groups is 2. The number of hydrogen-bond donors (Lipinski definition) is 1. The summed E-state index contributed by atoms with van der Waals surface area (Å²) in [6.07, 6.45) is -0.950. The summed E-state index contributed by atoms with van der Waals surface area (Å²) in [5.74, 6) is -0.861. The first-order chi connectivity index (χ1) is 9.61. The number of ketones is 1. The Morgan fingerprint density at radius 3 is 2.19 bits per heavy atom. The van der Waals surface area contributed by atoms with Gasteiger partial charge in [-0.3, -0.25) is 4.79 Å². The third-order valence-corrected chi connectivity index (χ3v) is 3.37. The molecule has 0 heterocycles. The van der Waals surface area contributed by atoms with Gasteiger partial charge in [0.1, 0.15) is 11.9 Å². The van der Waals surface area contributed by atoms with Crippen molar-refractivity contribution in [1.82, 2.24) is 0 Å². The molecule has 0 radical (unpaired) electrons. The summed E-state index contributed by atoms with van der Waals surface area (Å²) in [6, 6.07) is 5.41. The third kappa shape index (κ3) is 5.17. The van der Waals surface area contributed by atoms with Crippen LogP contribution in [-0.4, -0.2) is 18.0 Å². The van der Waals surface area contributed by atoms with Crippen molar-refractivity contribution in [3.63, 3.8) is 0 Å². The average Bonchev–Trinajstić information content (AvgIpc) is 2.36. The summed E-state index contributed by atoms with van der Waals surface area (Å²) in [6.45, 7) is 7.50. The Bertz CT molecular complexity index is 505. The molecule has 4 nitrogen and oxygen atoms in total. The van der Waals surface area contributed by atoms with Crippen LogP contribution < -0.4 is 5.73 Å². The van der Waals surface area contributed by atoms with Crippen LogP contribution in [0.4, 0.5) is 9.18 Å². The number of Topliss-reactive ketones (excluding diaryl/α,β-unsaturated/α-hetero) is 1. The Morgan fingerprint density at radius 1 is 1.24 bits per heavy atom. The van der Waals surface area contributed by atoms with E-state index >= 15 is 0 Å². The predicted octanol–water partition coefficient (Wildman–Crippen LogP) is 3.54. The fraction of sp³-hybridized carbons (Fsp3) is 0.500. The summed E-state index contributed by atoms with van der Waals surface area (Å²) in [5, 5.41) is 0. The molecule has 0 aromatic heterocycles. The fourth-order valence-corrected chi connectivity index (χ4v) is 2.05. The van der Waals surface area contributed by atoms with E-state index in [1.807, 2.05) is 20.8 Å². The van der Waals surface area contributed by atoms with E-state index in [1.54, 1.807) is 6.92 Å². The van der Waals surface area contributed by atoms with E-state index < -0.39 is 12.2 Å². The lowest BCUT2D eigenvalue weighted by Gasteiger charge is -2.31. The van der Waals surface area contributed by atoms with E-state index in [0.717, 1.165) is 0 Å². The first-order valence-corrected chi connectivity index (χ1v) is 6.87. The van der Waals surface area contributed by atoms with Gasteiger partial charge >= 0.3 is 6.09 Å². The zero-order valence-corrected chi connectivity index (χ0v) is 12.9. The summed E-state index contributed by atoms with van der Waals surface area (Å²) in [7, 11) is 0. The lowest BCUT2D eigenvalue weighted by Crippen LogP contribution is -2.36. The van der Waals surface area contributed by atoms with Crippen LogP contribution in [0.2, 0.25) is 0 Å². The van der Waals surface area contributed by atoms with Crippen molar-refractivity contribution in [3.05, 3.63) is 35.6 Å². The maximum atomic E-state index is 12.9. The van der Waals surface area contributed by atoms with E-state index in [1.165, 1.54) is 24.3 Å². The second kappa shape index (κ2) is 6.70. The van der Waals surface area contributed by atoms with Crippen LogP contribution in [0.3, 0.4) is 0 Å². The smallest absolute Gasteiger partial charge is 0.404 e. The molecule has 0 aliphatic rings. The summed E-state index contributed by atoms with van der Waals surface area (Å²) >= 11 is 0. The van der Waals surface area contributed by atoms with Gasteiger partial charge in [-0.05, 0) is 36.1 Å². The Hall–Kier alpha value is -1.91. The van der Waals surface area contributed by atoms with Crippen LogP contribution in [0.1, 0.15) is 44.5 Å². The molecule has 2 atom stereocenters. The number of hydrogen-bond acceptors (Lipinski definition) is 3. The largest absolute Gasteiger partial charge is 0.446 e. The first-order valence-electron chi connectivity index (χ1n) is 6.87. The van der Waals surface area contributed by atoms with Crippen molar-refractivity contribution in [2.45, 2.75) is 40.2 Å². The van der Waals surface area contributed by atoms with Gasteiger partial charge in [-0.2, -0.15) is 0 Å². The van der Waals surface area contributed by atoms with Gasteiger partial charge in [-0.15, -0.1) is 0 Å². The molecule has 1 rings (SSSR count). The van der Waals surface area contributed by atoms with Crippen molar-refractivity contribution >= 4 is 11.9 Å². The molecule has 21 heavy (non-hydrogen) atoms. The topological polar surface area (TPSA) is 69.4 Å². The SMILES string of the molecule is CC(C[C@@H](OC(N)=O)C(C)(C)C)C(=O)c1ccc(F)cc1. The number of primary amides is 1. The molecule has 2 N–H and O–H groups in total. The van der Waals surface area contributed by atoms with Crippen LogP contribution in [0.25, 0.3) is 0 Å². The molecular formula is C16H22FNO3. The lowest BCUT2D eigenvalue weighted by atomic mass is 9.82. The zero-order valence-electron chi connectivity index (χ0n) is 12.9. The van der Waals surface area contributed by atoms with E-state index in [9.17, 15) is 14.0 Å². The van der Waals surface area contributed by atoms with Gasteiger partial charge in [-0.25, -0.2) is 9.18 Å². The summed E-state index contributed by atoms with van der Waals surface area (Å²) in [5.41, 5.74) is 5.20. The van der Waals surface area contributed by atoms with Gasteiger partial charge < -0.3 is 10.5 Å². The molecule has 0 aliphatic carbocycles. The van der Waals surface area contributed by atoms with Gasteiger partial charge in [0.25, 0.3) is 0 Å². The molecule has 1 amide bonds. The van der Waals surface area contributed by atoms with E-state index in [0.29, 0.717) is 12.0 Å². The van der Waals surface area contributed by atoms with Gasteiger partial charge in [0.05, 0.1) is 0 Å². The normalized spacial score (nSPS) is 14.3. The second-order valence-electron chi connectivity index (χ2n) is 6.30. The molecule has 0 saturated heterocycles. The molecule has 0 fully saturated rings. The van der Waals surface area contributed by atoms with Gasteiger partial charge in [-0.1, -0.05) is 27.7 Å². The van der Waals surface area contributed by atoms with Gasteiger partial charge in [0.15, 0.2) is 5.78 Å². The first kappa shape index (κ1) is 17.1. The zero-order chi connectivity index (χ0) is 16.2. The lowest BCUT2D eigenvalue weighted by molar-refractivity contribution is 0.0219. The molecule has 0 saturated carbocycles. The minimum Gasteiger partial charge on any atom is -0.446 e. The highest BCUT2D eigenvalue weighted by Gasteiger charge is 2.31. The molecule has 0 aliphatic heterocycles. The van der Waals surface area contributed by atoms with Crippen LogP contribution >= 0.6 is 0 Å². The highest BCUT2D eigenvalue weighted by atomic mass is 19.1. The van der Waals surface area contributed by atoms with E-state index in [-0.39, 0.29) is 22.9 Å². The standard InChI is InChI=1S/C16H22FNO3/c1-10(9-13(16(2,3)4)21-15(18)20)14(19)11-5-7-12(17)8-6-11/h5-8,10,13H,9H2,1-4H3,(H2,18,20)/t10?,13-/m1/s1. The fourth-order valence-electron chi connectivity index (χ4n) is 2.05. The van der Waals surface area contributed by atoms with Crippen LogP contribution in [-0.2, 0) is 4.74 Å². The van der Waals surface area contributed by atoms with Crippen LogP contribution in [0.15, 0.2) is 24.3 Å². The minimum atomic E-state index is -0.851. The Labute approximate surface area is 124 Å². The van der Waals surface area contributed by atoms with Crippen molar-refractivity contribution in [1.29, 1.82) is 0 Å². The second-order valence-corrected chi connectivity index (χ2v) is 6.30. The number of ether oxygens (including phenoxy) is 1. The van der Waals surface area contributed by atoms with E-state index in [4.69, 9.17) is 10.5 Å². The third-order valence-electron chi connectivity index (χ3n) is 3.37. The predicted molar refractivity (Wildman–Crippen MR) is 78.4 cm³/mol. The Kier molecular flexibility index (Phi) is 5.47. The summed E-state index contributed by atoms with van der Waals surface area (Å²) in [4.78, 5) is 23.3. The highest BCUT2D eigenvalue weighted by molar-refractivity contribution is 5.97. The Balaban J connectivity index is 2.81. The number of benzene rings is 1. The number of nitrogens with two attached hydrogens (primary N) is 1. The molecule has 1 unspecified atom stereocenters. The highest BCUT2D eigenvalue weighted by Crippen LogP contribution is 2.29. The molecular weight excluding hydrogens is 273 g/mol. The van der Waals surface area contributed by atoms with Gasteiger partial charge in [0, 0.05) is 11.5 Å². The molecule has 116 valence electrons. The number of carbonyl (C=O) groups excluding carboxylic acids is 2. The molecule has 0 bridgehead atoms. The number of rotatable bonds is 5. The monoisotopic (exact) mass is 295 g/mol. The average molecular weight is 295 g/mol. The number of amides is 1. The molecule has 0 spiro atoms. The van der Waals surface area contributed by atoms with Crippen molar-refractivity contribution in [3.8, 4) is 0 Å². The van der Waals surface area contributed by atoms with E-state index in [2.05, 4.69) is 0 Å². The maximum absolute atomic E-state index is 12.9. The molecule has 5 heteroatoms. The number of halogens is 1. The van der Waals surface area contributed by atoms with Gasteiger partial charge in [0.2, 0.25) is 0 Å².